The molecule has 1 N–H and O–H groups in total. The second kappa shape index (κ2) is 7.64. The predicted molar refractivity (Wildman–Crippen MR) is 81.3 cm³/mol. The molecule has 0 fully saturated rings. The first-order valence-electron chi connectivity index (χ1n) is 6.99. The molecule has 0 heterocycles. The third-order valence-electron chi connectivity index (χ3n) is 3.21. The summed E-state index contributed by atoms with van der Waals surface area (Å²) in [6, 6.07) is 13.9. The first-order valence-corrected chi connectivity index (χ1v) is 6.99. The molecule has 0 amide bonds. The molecule has 2 rings (SSSR count). The molecule has 1 atom stereocenters. The van der Waals surface area contributed by atoms with Crippen molar-refractivity contribution in [1.29, 1.82) is 0 Å². The minimum absolute atomic E-state index is 0.182. The minimum Gasteiger partial charge on any atom is -0.497 e. The maximum absolute atomic E-state index is 13.9. The van der Waals surface area contributed by atoms with E-state index >= 15 is 0 Å². The minimum atomic E-state index is -0.221. The summed E-state index contributed by atoms with van der Waals surface area (Å²) in [6.45, 7) is 3.09. The lowest BCUT2D eigenvalue weighted by Crippen LogP contribution is -2.27. The van der Waals surface area contributed by atoms with Crippen molar-refractivity contribution in [3.8, 4) is 11.5 Å². The Hall–Kier alpha value is -2.07. The number of hydrogen-bond acceptors (Lipinski definition) is 3. The summed E-state index contributed by atoms with van der Waals surface area (Å²) in [5.74, 6) is 1.29. The summed E-state index contributed by atoms with van der Waals surface area (Å²) < 4.78 is 24.7. The molecular formula is C17H20FNO2. The molecule has 112 valence electrons. The highest BCUT2D eigenvalue weighted by atomic mass is 19.1. The van der Waals surface area contributed by atoms with Crippen LogP contribution < -0.4 is 14.8 Å². The molecule has 0 aromatic heterocycles. The highest BCUT2D eigenvalue weighted by Gasteiger charge is 2.15. The number of methoxy groups -OCH3 is 1. The van der Waals surface area contributed by atoms with Gasteiger partial charge in [-0.3, -0.25) is 0 Å². The van der Waals surface area contributed by atoms with Crippen LogP contribution in [0.4, 0.5) is 4.39 Å². The van der Waals surface area contributed by atoms with Crippen molar-refractivity contribution in [2.45, 2.75) is 13.0 Å². The maximum Gasteiger partial charge on any atom is 0.128 e. The van der Waals surface area contributed by atoms with Crippen LogP contribution in [-0.2, 0) is 0 Å². The van der Waals surface area contributed by atoms with Gasteiger partial charge in [-0.15, -0.1) is 0 Å². The van der Waals surface area contributed by atoms with Crippen LogP contribution in [0.5, 0.6) is 11.5 Å². The van der Waals surface area contributed by atoms with Crippen LogP contribution in [0, 0.1) is 5.82 Å². The molecule has 3 nitrogen and oxygen atoms in total. The summed E-state index contributed by atoms with van der Waals surface area (Å²) in [7, 11) is 1.62. The third-order valence-corrected chi connectivity index (χ3v) is 3.21. The number of ether oxygens (including phenoxy) is 2. The fraction of sp³-hybridized carbons (Fsp3) is 0.294. The monoisotopic (exact) mass is 289 g/mol. The van der Waals surface area contributed by atoms with Crippen molar-refractivity contribution in [3.05, 3.63) is 59.9 Å². The average molecular weight is 289 g/mol. The summed E-state index contributed by atoms with van der Waals surface area (Å²) in [5.41, 5.74) is 0.618. The fourth-order valence-corrected chi connectivity index (χ4v) is 2.11. The number of likely N-dealkylation sites (N-methyl/N-ethyl adjacent to an activating group) is 1. The molecule has 0 saturated heterocycles. The number of hydrogen-bond donors (Lipinski definition) is 1. The van der Waals surface area contributed by atoms with Crippen molar-refractivity contribution in [2.75, 3.05) is 20.3 Å². The van der Waals surface area contributed by atoms with Crippen LogP contribution >= 0.6 is 0 Å². The van der Waals surface area contributed by atoms with Gasteiger partial charge in [-0.25, -0.2) is 4.39 Å². The molecule has 0 bridgehead atoms. The Morgan fingerprint density at radius 1 is 1.05 bits per heavy atom. The molecule has 0 aliphatic carbocycles. The topological polar surface area (TPSA) is 30.5 Å². The van der Waals surface area contributed by atoms with Gasteiger partial charge in [0.2, 0.25) is 0 Å². The van der Waals surface area contributed by atoms with Crippen molar-refractivity contribution >= 4 is 0 Å². The van der Waals surface area contributed by atoms with Gasteiger partial charge in [0.15, 0.2) is 0 Å². The highest BCUT2D eigenvalue weighted by molar-refractivity contribution is 5.31. The Labute approximate surface area is 124 Å². The van der Waals surface area contributed by atoms with Gasteiger partial charge in [-0.2, -0.15) is 0 Å². The lowest BCUT2D eigenvalue weighted by molar-refractivity contribution is 0.264. The Balaban J connectivity index is 2.04. The van der Waals surface area contributed by atoms with Crippen molar-refractivity contribution in [3.63, 3.8) is 0 Å². The van der Waals surface area contributed by atoms with Crippen LogP contribution in [-0.4, -0.2) is 20.3 Å². The van der Waals surface area contributed by atoms with Crippen molar-refractivity contribution < 1.29 is 13.9 Å². The Morgan fingerprint density at radius 2 is 1.71 bits per heavy atom. The standard InChI is InChI=1S/C17H20FNO2/c1-3-19-17(15-6-4-5-7-16(15)18)12-21-14-10-8-13(20-2)9-11-14/h4-11,17,19H,3,12H2,1-2H3. The Kier molecular flexibility index (Phi) is 5.58. The fourth-order valence-electron chi connectivity index (χ4n) is 2.11. The SMILES string of the molecule is CCNC(COc1ccc(OC)cc1)c1ccccc1F. The van der Waals surface area contributed by atoms with E-state index in [2.05, 4.69) is 5.32 Å². The Morgan fingerprint density at radius 3 is 2.33 bits per heavy atom. The van der Waals surface area contributed by atoms with Crippen molar-refractivity contribution in [1.82, 2.24) is 5.32 Å². The van der Waals surface area contributed by atoms with Crippen LogP contribution in [0.3, 0.4) is 0 Å². The van der Waals surface area contributed by atoms with Gasteiger partial charge in [0.1, 0.15) is 23.9 Å². The number of rotatable bonds is 7. The van der Waals surface area contributed by atoms with E-state index in [1.54, 1.807) is 19.2 Å². The molecule has 0 radical (unpaired) electrons. The van der Waals surface area contributed by atoms with Gasteiger partial charge in [0.25, 0.3) is 0 Å². The smallest absolute Gasteiger partial charge is 0.128 e. The zero-order valence-corrected chi connectivity index (χ0v) is 12.3. The average Bonchev–Trinajstić information content (AvgIpc) is 2.53. The molecule has 21 heavy (non-hydrogen) atoms. The van der Waals surface area contributed by atoms with Crippen LogP contribution in [0.2, 0.25) is 0 Å². The molecule has 0 spiro atoms. The number of halogens is 1. The highest BCUT2D eigenvalue weighted by Crippen LogP contribution is 2.21. The summed E-state index contributed by atoms with van der Waals surface area (Å²) in [5, 5.41) is 3.24. The second-order valence-corrected chi connectivity index (χ2v) is 4.62. The van der Waals surface area contributed by atoms with Gasteiger partial charge in [0, 0.05) is 5.56 Å². The molecular weight excluding hydrogens is 269 g/mol. The van der Waals surface area contributed by atoms with Gasteiger partial charge in [-0.1, -0.05) is 25.1 Å². The van der Waals surface area contributed by atoms with Gasteiger partial charge < -0.3 is 14.8 Å². The van der Waals surface area contributed by atoms with E-state index in [1.165, 1.54) is 6.07 Å². The zero-order chi connectivity index (χ0) is 15.1. The maximum atomic E-state index is 13.9. The van der Waals surface area contributed by atoms with E-state index in [1.807, 2.05) is 37.3 Å². The first-order chi connectivity index (χ1) is 10.2. The molecule has 0 saturated carbocycles. The van der Waals surface area contributed by atoms with E-state index in [-0.39, 0.29) is 11.9 Å². The molecule has 4 heteroatoms. The third kappa shape index (κ3) is 4.20. The number of nitrogens with one attached hydrogen (secondary N) is 1. The van der Waals surface area contributed by atoms with E-state index in [0.717, 1.165) is 18.0 Å². The molecule has 2 aromatic carbocycles. The van der Waals surface area contributed by atoms with Gasteiger partial charge in [-0.05, 0) is 36.9 Å². The lowest BCUT2D eigenvalue weighted by atomic mass is 10.1. The molecule has 1 unspecified atom stereocenters. The zero-order valence-electron chi connectivity index (χ0n) is 12.3. The molecule has 0 aliphatic heterocycles. The number of benzene rings is 2. The molecule has 2 aromatic rings. The van der Waals surface area contributed by atoms with Crippen molar-refractivity contribution in [2.24, 2.45) is 0 Å². The quantitative estimate of drug-likeness (QED) is 0.845. The summed E-state index contributed by atoms with van der Waals surface area (Å²) in [6.07, 6.45) is 0. The predicted octanol–water partition coefficient (Wildman–Crippen LogP) is 3.56. The van der Waals surface area contributed by atoms with E-state index in [0.29, 0.717) is 12.2 Å². The normalized spacial score (nSPS) is 12.0. The van der Waals surface area contributed by atoms with Crippen LogP contribution in [0.25, 0.3) is 0 Å². The first kappa shape index (κ1) is 15.3. The van der Waals surface area contributed by atoms with Gasteiger partial charge in [0.05, 0.1) is 13.2 Å². The van der Waals surface area contributed by atoms with Gasteiger partial charge >= 0.3 is 0 Å². The van der Waals surface area contributed by atoms with Crippen LogP contribution in [0.15, 0.2) is 48.5 Å². The molecule has 0 aliphatic rings. The summed E-state index contributed by atoms with van der Waals surface area (Å²) in [4.78, 5) is 0. The second-order valence-electron chi connectivity index (χ2n) is 4.62. The van der Waals surface area contributed by atoms with E-state index < -0.39 is 0 Å². The van der Waals surface area contributed by atoms with Crippen LogP contribution in [0.1, 0.15) is 18.5 Å². The Bertz CT molecular complexity index is 557. The summed E-state index contributed by atoms with van der Waals surface area (Å²) >= 11 is 0. The van der Waals surface area contributed by atoms with E-state index in [4.69, 9.17) is 9.47 Å². The lowest BCUT2D eigenvalue weighted by Gasteiger charge is -2.19. The largest absolute Gasteiger partial charge is 0.497 e. The van der Waals surface area contributed by atoms with E-state index in [9.17, 15) is 4.39 Å².